The van der Waals surface area contributed by atoms with Crippen LogP contribution >= 0.6 is 0 Å². The molecule has 0 aromatic heterocycles. The monoisotopic (exact) mass is 252 g/mol. The third-order valence-electron chi connectivity index (χ3n) is 5.82. The van der Waals surface area contributed by atoms with E-state index in [0.29, 0.717) is 18.3 Å². The second-order valence-corrected chi connectivity index (χ2v) is 7.26. The second kappa shape index (κ2) is 3.73. The van der Waals surface area contributed by atoms with Crippen LogP contribution in [0.25, 0.3) is 0 Å². The third kappa shape index (κ3) is 1.50. The molecule has 1 saturated heterocycles. The molecule has 4 atom stereocenters. The van der Waals surface area contributed by atoms with Gasteiger partial charge in [0, 0.05) is 17.9 Å². The van der Waals surface area contributed by atoms with Gasteiger partial charge in [-0.3, -0.25) is 0 Å². The summed E-state index contributed by atoms with van der Waals surface area (Å²) in [5, 5.41) is 20.4. The van der Waals surface area contributed by atoms with E-state index >= 15 is 0 Å². The molecule has 2 fully saturated rings. The third-order valence-corrected chi connectivity index (χ3v) is 5.82. The van der Waals surface area contributed by atoms with Crippen LogP contribution in [0.2, 0.25) is 0 Å². The Bertz CT molecular complexity index is 399. The van der Waals surface area contributed by atoms with Crippen molar-refractivity contribution in [2.45, 2.75) is 52.7 Å². The van der Waals surface area contributed by atoms with E-state index in [9.17, 15) is 10.2 Å². The van der Waals surface area contributed by atoms with Crippen LogP contribution < -0.4 is 0 Å². The molecule has 0 bridgehead atoms. The van der Waals surface area contributed by atoms with Crippen LogP contribution in [0.1, 0.15) is 46.5 Å². The lowest BCUT2D eigenvalue weighted by atomic mass is 9.48. The Morgan fingerprint density at radius 3 is 2.67 bits per heavy atom. The van der Waals surface area contributed by atoms with Crippen molar-refractivity contribution >= 4 is 0 Å². The van der Waals surface area contributed by atoms with Crippen LogP contribution in [0.4, 0.5) is 0 Å². The molecule has 3 heteroatoms. The van der Waals surface area contributed by atoms with Gasteiger partial charge in [0.05, 0.1) is 12.4 Å². The van der Waals surface area contributed by atoms with Crippen molar-refractivity contribution in [3.05, 3.63) is 11.3 Å². The molecule has 1 aliphatic heterocycles. The van der Waals surface area contributed by atoms with Crippen molar-refractivity contribution in [2.75, 3.05) is 6.61 Å². The zero-order chi connectivity index (χ0) is 13.1. The summed E-state index contributed by atoms with van der Waals surface area (Å²) in [4.78, 5) is 0. The van der Waals surface area contributed by atoms with Crippen LogP contribution in [0.5, 0.6) is 0 Å². The van der Waals surface area contributed by atoms with Crippen LogP contribution in [-0.4, -0.2) is 23.1 Å². The molecule has 102 valence electrons. The second-order valence-electron chi connectivity index (χ2n) is 7.26. The summed E-state index contributed by atoms with van der Waals surface area (Å²) in [6.07, 6.45) is 3.56. The molecular formula is C15H24O3. The fourth-order valence-electron chi connectivity index (χ4n) is 4.89. The lowest BCUT2D eigenvalue weighted by Gasteiger charge is -2.56. The minimum Gasteiger partial charge on any atom is -0.512 e. The van der Waals surface area contributed by atoms with Crippen molar-refractivity contribution < 1.29 is 14.9 Å². The molecule has 1 heterocycles. The van der Waals surface area contributed by atoms with Gasteiger partial charge in [-0.25, -0.2) is 0 Å². The molecule has 0 aromatic carbocycles. The molecule has 1 saturated carbocycles. The van der Waals surface area contributed by atoms with Gasteiger partial charge in [0.15, 0.2) is 6.29 Å². The SMILES string of the molecule is CC1(C)CCC[C@]2(C)[C@@H]3C(=C(O)C[C@@H]12)CO[C@H]3O. The Labute approximate surface area is 109 Å². The summed E-state index contributed by atoms with van der Waals surface area (Å²) in [7, 11) is 0. The van der Waals surface area contributed by atoms with Crippen LogP contribution in [-0.2, 0) is 4.74 Å². The molecule has 0 spiro atoms. The van der Waals surface area contributed by atoms with Gasteiger partial charge in [-0.15, -0.1) is 0 Å². The molecule has 0 unspecified atom stereocenters. The summed E-state index contributed by atoms with van der Waals surface area (Å²) >= 11 is 0. The molecule has 2 aliphatic carbocycles. The zero-order valence-corrected chi connectivity index (χ0v) is 11.6. The number of allylic oxidation sites excluding steroid dienone is 1. The van der Waals surface area contributed by atoms with Crippen LogP contribution in [0.15, 0.2) is 11.3 Å². The van der Waals surface area contributed by atoms with Crippen molar-refractivity contribution in [3.63, 3.8) is 0 Å². The summed E-state index contributed by atoms with van der Waals surface area (Å²) in [6.45, 7) is 7.29. The summed E-state index contributed by atoms with van der Waals surface area (Å²) < 4.78 is 5.39. The minimum atomic E-state index is -0.733. The molecule has 0 amide bonds. The fraction of sp³-hybridized carbons (Fsp3) is 0.867. The number of rotatable bonds is 0. The largest absolute Gasteiger partial charge is 0.512 e. The maximum atomic E-state index is 10.3. The molecule has 0 aromatic rings. The highest BCUT2D eigenvalue weighted by Crippen LogP contribution is 2.62. The van der Waals surface area contributed by atoms with Gasteiger partial charge < -0.3 is 14.9 Å². The first-order chi connectivity index (χ1) is 8.36. The van der Waals surface area contributed by atoms with E-state index in [2.05, 4.69) is 20.8 Å². The predicted octanol–water partition coefficient (Wildman–Crippen LogP) is 3.00. The van der Waals surface area contributed by atoms with Crippen molar-refractivity contribution in [3.8, 4) is 0 Å². The number of fused-ring (bicyclic) bond motifs is 3. The average molecular weight is 252 g/mol. The molecule has 0 radical (unpaired) electrons. The number of aliphatic hydroxyl groups excluding tert-OH is 2. The van der Waals surface area contributed by atoms with Gasteiger partial charge in [-0.1, -0.05) is 27.2 Å². The molecule has 3 rings (SSSR count). The summed E-state index contributed by atoms with van der Waals surface area (Å²) in [5.74, 6) is 0.911. The summed E-state index contributed by atoms with van der Waals surface area (Å²) in [5.41, 5.74) is 1.26. The maximum Gasteiger partial charge on any atom is 0.162 e. The van der Waals surface area contributed by atoms with E-state index in [4.69, 9.17) is 4.74 Å². The highest BCUT2D eigenvalue weighted by molar-refractivity contribution is 5.26. The fourth-order valence-corrected chi connectivity index (χ4v) is 4.89. The minimum absolute atomic E-state index is 0.00387. The van der Waals surface area contributed by atoms with Crippen molar-refractivity contribution in [1.29, 1.82) is 0 Å². The standard InChI is InChI=1S/C15H24O3/c1-14(2)5-4-6-15(3)11(14)7-10(16)9-8-18-13(17)12(9)15/h11-13,16-17H,4-8H2,1-3H3/t11-,12+,13+,15-/m0/s1. The Balaban J connectivity index is 2.08. The number of hydrogen-bond donors (Lipinski definition) is 2. The Morgan fingerprint density at radius 2 is 1.94 bits per heavy atom. The van der Waals surface area contributed by atoms with E-state index in [0.717, 1.165) is 18.4 Å². The maximum absolute atomic E-state index is 10.3. The molecule has 18 heavy (non-hydrogen) atoms. The van der Waals surface area contributed by atoms with Crippen molar-refractivity contribution in [2.24, 2.45) is 22.7 Å². The average Bonchev–Trinajstić information content (AvgIpc) is 2.66. The highest BCUT2D eigenvalue weighted by Gasteiger charge is 2.58. The smallest absolute Gasteiger partial charge is 0.162 e. The molecule has 2 N–H and O–H groups in total. The van der Waals surface area contributed by atoms with Crippen LogP contribution in [0.3, 0.4) is 0 Å². The normalized spacial score (nSPS) is 46.8. The van der Waals surface area contributed by atoms with Gasteiger partial charge >= 0.3 is 0 Å². The number of hydrogen-bond acceptors (Lipinski definition) is 3. The lowest BCUT2D eigenvalue weighted by Crippen LogP contribution is -2.51. The lowest BCUT2D eigenvalue weighted by molar-refractivity contribution is -0.142. The topological polar surface area (TPSA) is 49.7 Å². The predicted molar refractivity (Wildman–Crippen MR) is 68.9 cm³/mol. The zero-order valence-electron chi connectivity index (χ0n) is 11.6. The Kier molecular flexibility index (Phi) is 2.59. The van der Waals surface area contributed by atoms with E-state index in [-0.39, 0.29) is 16.7 Å². The van der Waals surface area contributed by atoms with E-state index in [1.165, 1.54) is 12.8 Å². The first kappa shape index (κ1) is 12.5. The quantitative estimate of drug-likeness (QED) is 0.697. The van der Waals surface area contributed by atoms with Gasteiger partial charge in [-0.05, 0) is 29.6 Å². The van der Waals surface area contributed by atoms with Crippen molar-refractivity contribution in [1.82, 2.24) is 0 Å². The number of aliphatic hydroxyl groups is 2. The first-order valence-corrected chi connectivity index (χ1v) is 7.07. The number of ether oxygens (including phenoxy) is 1. The molecular weight excluding hydrogens is 228 g/mol. The van der Waals surface area contributed by atoms with E-state index < -0.39 is 6.29 Å². The summed E-state index contributed by atoms with van der Waals surface area (Å²) in [6, 6.07) is 0. The Morgan fingerprint density at radius 1 is 1.22 bits per heavy atom. The van der Waals surface area contributed by atoms with Crippen LogP contribution in [0, 0.1) is 22.7 Å². The van der Waals surface area contributed by atoms with E-state index in [1.807, 2.05) is 0 Å². The van der Waals surface area contributed by atoms with Gasteiger partial charge in [-0.2, -0.15) is 0 Å². The van der Waals surface area contributed by atoms with Gasteiger partial charge in [0.1, 0.15) is 0 Å². The van der Waals surface area contributed by atoms with Gasteiger partial charge in [0.25, 0.3) is 0 Å². The first-order valence-electron chi connectivity index (χ1n) is 7.07. The molecule has 3 nitrogen and oxygen atoms in total. The highest BCUT2D eigenvalue weighted by atomic mass is 16.6. The molecule has 3 aliphatic rings. The van der Waals surface area contributed by atoms with Gasteiger partial charge in [0.2, 0.25) is 0 Å². The van der Waals surface area contributed by atoms with E-state index in [1.54, 1.807) is 0 Å². The Hall–Kier alpha value is -0.540.